The first-order valence-electron chi connectivity index (χ1n) is 8.40. The van der Waals surface area contributed by atoms with E-state index in [1.165, 1.54) is 44.9 Å². The van der Waals surface area contributed by atoms with Gasteiger partial charge in [0.15, 0.2) is 6.29 Å². The molecule has 1 aliphatic rings. The molecule has 0 aromatic heterocycles. The Bertz CT molecular complexity index is 191. The van der Waals surface area contributed by atoms with Crippen molar-refractivity contribution < 1.29 is 10.2 Å². The largest absolute Gasteiger partial charge is 0.368 e. The number of rotatable bonds is 8. The standard InChI is InChI=1S/C8H18N2.C8H18O2/c9-5-7-2-1-3-8(4-7)6-10;1-2-3-4-5-6-7-8(9)10/h7-8H,1-6,9-10H2;8-10H,2-7H2,1H3. The first kappa shape index (κ1) is 19.8. The van der Waals surface area contributed by atoms with Crippen LogP contribution in [-0.4, -0.2) is 29.6 Å². The smallest absolute Gasteiger partial charge is 0.151 e. The molecule has 1 saturated carbocycles. The van der Waals surface area contributed by atoms with Crippen molar-refractivity contribution in [1.29, 1.82) is 0 Å². The highest BCUT2D eigenvalue weighted by Gasteiger charge is 2.19. The molecule has 122 valence electrons. The predicted octanol–water partition coefficient (Wildman–Crippen LogP) is 2.37. The van der Waals surface area contributed by atoms with Crippen LogP contribution in [0.1, 0.15) is 71.1 Å². The fourth-order valence-electron chi connectivity index (χ4n) is 2.76. The molecule has 2 unspecified atom stereocenters. The quantitative estimate of drug-likeness (QED) is 0.407. The van der Waals surface area contributed by atoms with E-state index in [2.05, 4.69) is 6.92 Å². The summed E-state index contributed by atoms with van der Waals surface area (Å²) in [5.74, 6) is 1.53. The average Bonchev–Trinajstić information content (AvgIpc) is 2.47. The maximum atomic E-state index is 8.46. The zero-order valence-electron chi connectivity index (χ0n) is 13.3. The van der Waals surface area contributed by atoms with E-state index < -0.39 is 6.29 Å². The molecule has 2 atom stereocenters. The third kappa shape index (κ3) is 11.6. The van der Waals surface area contributed by atoms with Crippen LogP contribution in [0.25, 0.3) is 0 Å². The van der Waals surface area contributed by atoms with Crippen molar-refractivity contribution in [2.75, 3.05) is 13.1 Å². The van der Waals surface area contributed by atoms with E-state index in [1.54, 1.807) is 0 Å². The zero-order valence-corrected chi connectivity index (χ0v) is 13.3. The van der Waals surface area contributed by atoms with E-state index in [0.29, 0.717) is 6.42 Å². The van der Waals surface area contributed by atoms with Crippen LogP contribution in [0.4, 0.5) is 0 Å². The Kier molecular flexibility index (Phi) is 13.7. The lowest BCUT2D eigenvalue weighted by molar-refractivity contribution is -0.0465. The summed E-state index contributed by atoms with van der Waals surface area (Å²) >= 11 is 0. The SMILES string of the molecule is CCCCCCCC(O)O.NCC1CCCC(CN)C1. The maximum absolute atomic E-state index is 8.46. The van der Waals surface area contributed by atoms with Gasteiger partial charge in [0, 0.05) is 0 Å². The van der Waals surface area contributed by atoms with Gasteiger partial charge in [-0.3, -0.25) is 0 Å². The molecule has 6 N–H and O–H groups in total. The van der Waals surface area contributed by atoms with Gasteiger partial charge in [0.05, 0.1) is 0 Å². The van der Waals surface area contributed by atoms with Crippen LogP contribution < -0.4 is 11.5 Å². The number of unbranched alkanes of at least 4 members (excludes halogenated alkanes) is 4. The molecule has 20 heavy (non-hydrogen) atoms. The Balaban J connectivity index is 0.000000361. The van der Waals surface area contributed by atoms with Crippen LogP contribution in [0.3, 0.4) is 0 Å². The lowest BCUT2D eigenvalue weighted by atomic mass is 9.81. The van der Waals surface area contributed by atoms with Gasteiger partial charge in [0.25, 0.3) is 0 Å². The van der Waals surface area contributed by atoms with E-state index >= 15 is 0 Å². The Hall–Kier alpha value is -0.160. The molecule has 1 aliphatic carbocycles. The molecular weight excluding hydrogens is 252 g/mol. The summed E-state index contributed by atoms with van der Waals surface area (Å²) in [6.07, 6.45) is 10.5. The first-order chi connectivity index (χ1) is 9.63. The number of aliphatic hydroxyl groups excluding tert-OH is 1. The summed E-state index contributed by atoms with van der Waals surface area (Å²) in [7, 11) is 0. The Labute approximate surface area is 124 Å². The van der Waals surface area contributed by atoms with Crippen molar-refractivity contribution in [3.05, 3.63) is 0 Å². The van der Waals surface area contributed by atoms with E-state index in [4.69, 9.17) is 21.7 Å². The molecule has 0 radical (unpaired) electrons. The van der Waals surface area contributed by atoms with E-state index in [-0.39, 0.29) is 0 Å². The molecule has 0 amide bonds. The molecule has 0 spiro atoms. The highest BCUT2D eigenvalue weighted by atomic mass is 16.5. The highest BCUT2D eigenvalue weighted by Crippen LogP contribution is 2.27. The van der Waals surface area contributed by atoms with Crippen molar-refractivity contribution in [1.82, 2.24) is 0 Å². The molecule has 0 bridgehead atoms. The van der Waals surface area contributed by atoms with E-state index in [1.807, 2.05) is 0 Å². The third-order valence-corrected chi connectivity index (χ3v) is 4.12. The average molecular weight is 288 g/mol. The first-order valence-corrected chi connectivity index (χ1v) is 8.40. The van der Waals surface area contributed by atoms with Gasteiger partial charge >= 0.3 is 0 Å². The minimum absolute atomic E-state index is 0.531. The molecule has 0 aliphatic heterocycles. The molecule has 0 heterocycles. The van der Waals surface area contributed by atoms with E-state index in [9.17, 15) is 0 Å². The van der Waals surface area contributed by atoms with Crippen LogP contribution in [0.15, 0.2) is 0 Å². The molecule has 4 nitrogen and oxygen atoms in total. The number of hydrogen-bond acceptors (Lipinski definition) is 4. The second kappa shape index (κ2) is 13.8. The van der Waals surface area contributed by atoms with Crippen LogP contribution in [0.5, 0.6) is 0 Å². The molecule has 1 fully saturated rings. The van der Waals surface area contributed by atoms with Crippen LogP contribution in [0.2, 0.25) is 0 Å². The van der Waals surface area contributed by atoms with Crippen LogP contribution >= 0.6 is 0 Å². The van der Waals surface area contributed by atoms with Gasteiger partial charge in [-0.05, 0) is 57.0 Å². The fraction of sp³-hybridized carbons (Fsp3) is 1.00. The second-order valence-corrected chi connectivity index (χ2v) is 6.05. The van der Waals surface area contributed by atoms with Gasteiger partial charge in [-0.25, -0.2) is 0 Å². The number of hydrogen-bond donors (Lipinski definition) is 4. The maximum Gasteiger partial charge on any atom is 0.151 e. The predicted molar refractivity (Wildman–Crippen MR) is 85.2 cm³/mol. The summed E-state index contributed by atoms with van der Waals surface area (Å²) in [6.45, 7) is 3.88. The number of nitrogens with two attached hydrogens (primary N) is 2. The zero-order chi connectivity index (χ0) is 15.2. The Morgan fingerprint density at radius 1 is 0.950 bits per heavy atom. The fourth-order valence-corrected chi connectivity index (χ4v) is 2.76. The minimum atomic E-state index is -1.10. The van der Waals surface area contributed by atoms with Crippen molar-refractivity contribution in [3.63, 3.8) is 0 Å². The van der Waals surface area contributed by atoms with Crippen LogP contribution in [0, 0.1) is 11.8 Å². The van der Waals surface area contributed by atoms with E-state index in [0.717, 1.165) is 37.8 Å². The van der Waals surface area contributed by atoms with Gasteiger partial charge in [0.2, 0.25) is 0 Å². The van der Waals surface area contributed by atoms with Gasteiger partial charge < -0.3 is 21.7 Å². The molecule has 1 rings (SSSR count). The Morgan fingerprint density at radius 3 is 1.95 bits per heavy atom. The van der Waals surface area contributed by atoms with Crippen molar-refractivity contribution in [3.8, 4) is 0 Å². The van der Waals surface area contributed by atoms with Crippen molar-refractivity contribution >= 4 is 0 Å². The molecule has 0 aromatic carbocycles. The number of aliphatic hydroxyl groups is 2. The van der Waals surface area contributed by atoms with Gasteiger partial charge in [-0.1, -0.05) is 39.0 Å². The normalized spacial score (nSPS) is 22.5. The van der Waals surface area contributed by atoms with Crippen molar-refractivity contribution in [2.45, 2.75) is 77.4 Å². The summed E-state index contributed by atoms with van der Waals surface area (Å²) in [5, 5.41) is 16.9. The molecular formula is C16H36N2O2. The summed E-state index contributed by atoms with van der Waals surface area (Å²) < 4.78 is 0. The Morgan fingerprint density at radius 2 is 1.50 bits per heavy atom. The molecule has 4 heteroatoms. The lowest BCUT2D eigenvalue weighted by Crippen LogP contribution is -2.26. The van der Waals surface area contributed by atoms with Crippen LogP contribution in [-0.2, 0) is 0 Å². The minimum Gasteiger partial charge on any atom is -0.368 e. The summed E-state index contributed by atoms with van der Waals surface area (Å²) in [6, 6.07) is 0. The summed E-state index contributed by atoms with van der Waals surface area (Å²) in [4.78, 5) is 0. The van der Waals surface area contributed by atoms with Crippen molar-refractivity contribution in [2.24, 2.45) is 23.3 Å². The third-order valence-electron chi connectivity index (χ3n) is 4.12. The van der Waals surface area contributed by atoms with Gasteiger partial charge in [-0.15, -0.1) is 0 Å². The lowest BCUT2D eigenvalue weighted by Gasteiger charge is -2.26. The molecule has 0 saturated heterocycles. The highest BCUT2D eigenvalue weighted by molar-refractivity contribution is 4.73. The second-order valence-electron chi connectivity index (χ2n) is 6.05. The topological polar surface area (TPSA) is 92.5 Å². The van der Waals surface area contributed by atoms with Gasteiger partial charge in [-0.2, -0.15) is 0 Å². The summed E-state index contributed by atoms with van der Waals surface area (Å²) in [5.41, 5.74) is 11.2. The molecule has 0 aromatic rings. The van der Waals surface area contributed by atoms with Gasteiger partial charge in [0.1, 0.15) is 0 Å². The monoisotopic (exact) mass is 288 g/mol.